The summed E-state index contributed by atoms with van der Waals surface area (Å²) in [5.74, 6) is 0.0253. The molecule has 1 aromatic carbocycles. The number of hydrogen-bond donors (Lipinski definition) is 1. The van der Waals surface area contributed by atoms with Crippen molar-refractivity contribution in [1.29, 1.82) is 0 Å². The van der Waals surface area contributed by atoms with Gasteiger partial charge in [0.15, 0.2) is 0 Å². The molecule has 1 saturated heterocycles. The van der Waals surface area contributed by atoms with Crippen molar-refractivity contribution in [1.82, 2.24) is 5.32 Å². The molecule has 1 heterocycles. The van der Waals surface area contributed by atoms with Gasteiger partial charge in [-0.1, -0.05) is 24.6 Å². The monoisotopic (exact) mass is 335 g/mol. The molecule has 18 heavy (non-hydrogen) atoms. The molecule has 0 amide bonds. The van der Waals surface area contributed by atoms with Crippen LogP contribution < -0.4 is 5.32 Å². The molecule has 0 saturated carbocycles. The Bertz CT molecular complexity index is 443. The van der Waals surface area contributed by atoms with E-state index < -0.39 is 0 Å². The summed E-state index contributed by atoms with van der Waals surface area (Å²) < 4.78 is 20.5. The van der Waals surface area contributed by atoms with Crippen LogP contribution >= 0.6 is 27.5 Å². The van der Waals surface area contributed by atoms with Crippen LogP contribution in [-0.4, -0.2) is 19.8 Å². The lowest BCUT2D eigenvalue weighted by molar-refractivity contribution is 0.0620. The lowest BCUT2D eigenvalue weighted by atomic mass is 9.92. The van der Waals surface area contributed by atoms with Gasteiger partial charge >= 0.3 is 0 Å². The summed E-state index contributed by atoms with van der Waals surface area (Å²) in [6, 6.07) is 3.35. The number of hydrogen-bond acceptors (Lipinski definition) is 2. The summed E-state index contributed by atoms with van der Waals surface area (Å²) in [6.07, 6.45) is 0.996. The van der Waals surface area contributed by atoms with E-state index in [-0.39, 0.29) is 23.0 Å². The van der Waals surface area contributed by atoms with E-state index in [2.05, 4.69) is 28.2 Å². The van der Waals surface area contributed by atoms with E-state index in [1.807, 2.05) is 7.05 Å². The third-order valence-electron chi connectivity index (χ3n) is 3.48. The zero-order valence-corrected chi connectivity index (χ0v) is 12.7. The molecule has 0 radical (unpaired) electrons. The second kappa shape index (κ2) is 5.87. The maximum Gasteiger partial charge on any atom is 0.147 e. The van der Waals surface area contributed by atoms with E-state index >= 15 is 0 Å². The first-order chi connectivity index (χ1) is 8.56. The summed E-state index contributed by atoms with van der Waals surface area (Å²) in [7, 11) is 1.81. The van der Waals surface area contributed by atoms with Crippen LogP contribution in [-0.2, 0) is 4.74 Å². The molecule has 0 bridgehead atoms. The van der Waals surface area contributed by atoms with Crippen LogP contribution in [0, 0.1) is 11.7 Å². The second-order valence-electron chi connectivity index (χ2n) is 4.63. The van der Waals surface area contributed by atoms with Gasteiger partial charge in [0, 0.05) is 16.6 Å². The normalized spacial score (nSPS) is 25.4. The topological polar surface area (TPSA) is 21.3 Å². The van der Waals surface area contributed by atoms with Crippen molar-refractivity contribution in [2.24, 2.45) is 5.92 Å². The number of rotatable bonds is 3. The van der Waals surface area contributed by atoms with Crippen LogP contribution in [0.5, 0.6) is 0 Å². The first kappa shape index (κ1) is 14.3. The third kappa shape index (κ3) is 2.57. The number of benzene rings is 1. The lowest BCUT2D eigenvalue weighted by Crippen LogP contribution is -2.33. The molecule has 100 valence electrons. The fraction of sp³-hybridized carbons (Fsp3) is 0.538. The molecule has 1 N–H and O–H groups in total. The molecule has 2 rings (SSSR count). The fourth-order valence-electron chi connectivity index (χ4n) is 2.42. The number of nitrogens with one attached hydrogen (secondary N) is 1. The van der Waals surface area contributed by atoms with E-state index in [1.165, 1.54) is 0 Å². The Kier molecular flexibility index (Phi) is 4.64. The van der Waals surface area contributed by atoms with Crippen LogP contribution in [0.25, 0.3) is 0 Å². The van der Waals surface area contributed by atoms with Crippen LogP contribution in [0.4, 0.5) is 4.39 Å². The molecule has 1 fully saturated rings. The summed E-state index contributed by atoms with van der Waals surface area (Å²) in [6.45, 7) is 2.86. The highest BCUT2D eigenvalue weighted by Gasteiger charge is 2.34. The summed E-state index contributed by atoms with van der Waals surface area (Å²) in [5.41, 5.74) is 0.560. The molecule has 0 aromatic heterocycles. The Morgan fingerprint density at radius 1 is 1.56 bits per heavy atom. The van der Waals surface area contributed by atoms with Gasteiger partial charge in [-0.25, -0.2) is 4.39 Å². The Labute approximate surface area is 120 Å². The number of halogens is 3. The highest BCUT2D eigenvalue weighted by Crippen LogP contribution is 2.36. The van der Waals surface area contributed by atoms with Crippen LogP contribution in [0.2, 0.25) is 5.02 Å². The average Bonchev–Trinajstić information content (AvgIpc) is 2.77. The van der Waals surface area contributed by atoms with Gasteiger partial charge in [0.05, 0.1) is 17.2 Å². The SMILES string of the molecule is CNC(c1ccc(Br)c(Cl)c1F)C1OCCC1C. The molecule has 0 aliphatic carbocycles. The molecular formula is C13H16BrClFNO. The molecule has 1 aromatic rings. The zero-order valence-electron chi connectivity index (χ0n) is 10.3. The smallest absolute Gasteiger partial charge is 0.147 e. The van der Waals surface area contributed by atoms with Gasteiger partial charge in [-0.15, -0.1) is 0 Å². The Morgan fingerprint density at radius 2 is 2.28 bits per heavy atom. The van der Waals surface area contributed by atoms with Gasteiger partial charge in [-0.05, 0) is 41.4 Å². The molecule has 1 aliphatic heterocycles. The van der Waals surface area contributed by atoms with E-state index in [4.69, 9.17) is 16.3 Å². The molecular weight excluding hydrogens is 321 g/mol. The summed E-state index contributed by atoms with van der Waals surface area (Å²) in [4.78, 5) is 0. The van der Waals surface area contributed by atoms with Crippen LogP contribution in [0.3, 0.4) is 0 Å². The van der Waals surface area contributed by atoms with Gasteiger partial charge in [-0.2, -0.15) is 0 Å². The van der Waals surface area contributed by atoms with Crippen molar-refractivity contribution < 1.29 is 9.13 Å². The number of ether oxygens (including phenoxy) is 1. The predicted molar refractivity (Wildman–Crippen MR) is 74.4 cm³/mol. The molecule has 5 heteroatoms. The van der Waals surface area contributed by atoms with Crippen molar-refractivity contribution in [3.63, 3.8) is 0 Å². The predicted octanol–water partition coefficient (Wildman–Crippen LogP) is 3.93. The van der Waals surface area contributed by atoms with E-state index in [0.29, 0.717) is 16.0 Å². The largest absolute Gasteiger partial charge is 0.376 e. The first-order valence-electron chi connectivity index (χ1n) is 5.98. The molecule has 3 atom stereocenters. The van der Waals surface area contributed by atoms with Crippen molar-refractivity contribution >= 4 is 27.5 Å². The summed E-state index contributed by atoms with van der Waals surface area (Å²) in [5, 5.41) is 3.26. The van der Waals surface area contributed by atoms with Gasteiger partial charge < -0.3 is 10.1 Å². The Balaban J connectivity index is 2.36. The van der Waals surface area contributed by atoms with Crippen LogP contribution in [0.1, 0.15) is 24.9 Å². The zero-order chi connectivity index (χ0) is 13.3. The van der Waals surface area contributed by atoms with E-state index in [0.717, 1.165) is 13.0 Å². The fourth-order valence-corrected chi connectivity index (χ4v) is 2.90. The minimum atomic E-state index is -0.381. The molecule has 3 unspecified atom stereocenters. The van der Waals surface area contributed by atoms with E-state index in [9.17, 15) is 4.39 Å². The van der Waals surface area contributed by atoms with Gasteiger partial charge in [0.2, 0.25) is 0 Å². The average molecular weight is 337 g/mol. The Hall–Kier alpha value is -0.160. The Morgan fingerprint density at radius 3 is 2.83 bits per heavy atom. The standard InChI is InChI=1S/C13H16BrClFNO/c1-7-5-6-18-13(7)12(17-2)8-3-4-9(14)10(15)11(8)16/h3-4,7,12-13,17H,5-6H2,1-2H3. The van der Waals surface area contributed by atoms with Gasteiger partial charge in [0.25, 0.3) is 0 Å². The quantitative estimate of drug-likeness (QED) is 0.845. The molecule has 2 nitrogen and oxygen atoms in total. The van der Waals surface area contributed by atoms with E-state index in [1.54, 1.807) is 12.1 Å². The van der Waals surface area contributed by atoms with Crippen molar-refractivity contribution in [2.75, 3.05) is 13.7 Å². The minimum absolute atomic E-state index is 0.0123. The van der Waals surface area contributed by atoms with Crippen molar-refractivity contribution in [3.05, 3.63) is 33.0 Å². The second-order valence-corrected chi connectivity index (χ2v) is 5.86. The van der Waals surface area contributed by atoms with Crippen molar-refractivity contribution in [2.45, 2.75) is 25.5 Å². The third-order valence-corrected chi connectivity index (χ3v) is 4.74. The minimum Gasteiger partial charge on any atom is -0.376 e. The summed E-state index contributed by atoms with van der Waals surface area (Å²) >= 11 is 9.16. The van der Waals surface area contributed by atoms with Gasteiger partial charge in [-0.3, -0.25) is 0 Å². The lowest BCUT2D eigenvalue weighted by Gasteiger charge is -2.26. The maximum absolute atomic E-state index is 14.2. The number of likely N-dealkylation sites (N-methyl/N-ethyl adjacent to an activating group) is 1. The van der Waals surface area contributed by atoms with Crippen molar-refractivity contribution in [3.8, 4) is 0 Å². The molecule has 0 spiro atoms. The molecule has 1 aliphatic rings. The highest BCUT2D eigenvalue weighted by atomic mass is 79.9. The van der Waals surface area contributed by atoms with Gasteiger partial charge in [0.1, 0.15) is 5.82 Å². The highest BCUT2D eigenvalue weighted by molar-refractivity contribution is 9.10. The first-order valence-corrected chi connectivity index (χ1v) is 7.15. The van der Waals surface area contributed by atoms with Crippen LogP contribution in [0.15, 0.2) is 16.6 Å². The maximum atomic E-state index is 14.2.